The van der Waals surface area contributed by atoms with Gasteiger partial charge in [0.25, 0.3) is 0 Å². The van der Waals surface area contributed by atoms with Gasteiger partial charge in [-0.05, 0) is 50.2 Å². The molecule has 164 valence electrons. The molecular formula is C26H33N3O2. The Bertz CT molecular complexity index is 947. The molecule has 2 aromatic rings. The van der Waals surface area contributed by atoms with Gasteiger partial charge < -0.3 is 20.3 Å². The molecule has 5 nitrogen and oxygen atoms in total. The number of Topliss-reactive ketones (excluding diaryl/α,β-unsaturated/α-hetero) is 1. The molecular weight excluding hydrogens is 386 g/mol. The van der Waals surface area contributed by atoms with Crippen molar-refractivity contribution >= 4 is 22.8 Å². The van der Waals surface area contributed by atoms with Gasteiger partial charge in [0.1, 0.15) is 6.10 Å². The molecule has 1 aliphatic heterocycles. The van der Waals surface area contributed by atoms with Crippen LogP contribution in [0.25, 0.3) is 0 Å². The van der Waals surface area contributed by atoms with E-state index in [1.54, 1.807) is 0 Å². The SMILES string of the molecule is CCNc1ccccc1NC1OC1/C=C/C(C)=C/C(C)C(=O)c1ccc(N(C)C)cc1. The van der Waals surface area contributed by atoms with E-state index in [4.69, 9.17) is 4.74 Å². The van der Waals surface area contributed by atoms with Crippen molar-refractivity contribution in [2.75, 3.05) is 36.2 Å². The highest BCUT2D eigenvalue weighted by molar-refractivity contribution is 5.99. The number of para-hydroxylation sites is 2. The number of nitrogens with zero attached hydrogens (tertiary/aromatic N) is 1. The zero-order valence-corrected chi connectivity index (χ0v) is 19.1. The second kappa shape index (κ2) is 10.3. The summed E-state index contributed by atoms with van der Waals surface area (Å²) in [7, 11) is 3.98. The maximum atomic E-state index is 12.7. The topological polar surface area (TPSA) is 56.9 Å². The first-order chi connectivity index (χ1) is 14.9. The fraction of sp³-hybridized carbons (Fsp3) is 0.346. The first kappa shape index (κ1) is 22.6. The van der Waals surface area contributed by atoms with E-state index in [0.29, 0.717) is 0 Å². The molecule has 31 heavy (non-hydrogen) atoms. The molecule has 0 spiro atoms. The summed E-state index contributed by atoms with van der Waals surface area (Å²) in [5, 5.41) is 6.77. The Hall–Kier alpha value is -3.05. The Morgan fingerprint density at radius 3 is 2.45 bits per heavy atom. The molecule has 5 heteroatoms. The summed E-state index contributed by atoms with van der Waals surface area (Å²) in [6.07, 6.45) is 6.08. The summed E-state index contributed by atoms with van der Waals surface area (Å²) in [5.74, 6) is -0.0591. The number of hydrogen-bond acceptors (Lipinski definition) is 5. The lowest BCUT2D eigenvalue weighted by molar-refractivity contribution is 0.0953. The lowest BCUT2D eigenvalue weighted by atomic mass is 9.97. The second-order valence-corrected chi connectivity index (χ2v) is 8.11. The van der Waals surface area contributed by atoms with E-state index in [1.807, 2.05) is 93.5 Å². The van der Waals surface area contributed by atoms with E-state index in [0.717, 1.165) is 34.7 Å². The maximum absolute atomic E-state index is 12.7. The fourth-order valence-electron chi connectivity index (χ4n) is 3.45. The minimum Gasteiger partial charge on any atom is -0.384 e. The van der Waals surface area contributed by atoms with Crippen LogP contribution >= 0.6 is 0 Å². The van der Waals surface area contributed by atoms with Crippen molar-refractivity contribution < 1.29 is 9.53 Å². The molecule has 3 unspecified atom stereocenters. The number of hydrogen-bond donors (Lipinski definition) is 2. The summed E-state index contributed by atoms with van der Waals surface area (Å²) in [4.78, 5) is 14.8. The second-order valence-electron chi connectivity index (χ2n) is 8.11. The molecule has 0 amide bonds. The van der Waals surface area contributed by atoms with Crippen molar-refractivity contribution in [3.8, 4) is 0 Å². The van der Waals surface area contributed by atoms with Crippen molar-refractivity contribution in [3.05, 3.63) is 77.9 Å². The zero-order valence-electron chi connectivity index (χ0n) is 19.1. The smallest absolute Gasteiger partial charge is 0.169 e. The van der Waals surface area contributed by atoms with Crippen molar-refractivity contribution in [2.24, 2.45) is 5.92 Å². The largest absolute Gasteiger partial charge is 0.384 e. The Labute approximate surface area is 185 Å². The van der Waals surface area contributed by atoms with Crippen LogP contribution in [0.1, 0.15) is 31.1 Å². The molecule has 0 radical (unpaired) electrons. The van der Waals surface area contributed by atoms with Crippen LogP contribution in [0.4, 0.5) is 17.1 Å². The number of epoxide rings is 1. The van der Waals surface area contributed by atoms with Crippen molar-refractivity contribution in [1.82, 2.24) is 0 Å². The van der Waals surface area contributed by atoms with E-state index in [-0.39, 0.29) is 24.0 Å². The Balaban J connectivity index is 1.54. The third-order valence-electron chi connectivity index (χ3n) is 5.26. The van der Waals surface area contributed by atoms with Gasteiger partial charge in [0.15, 0.2) is 12.0 Å². The normalized spacial score (nSPS) is 19.2. The standard InChI is InChI=1S/C26H33N3O2/c1-6-27-22-9-7-8-10-23(22)28-26-24(31-26)16-11-18(2)17-19(3)25(30)20-12-14-21(15-13-20)29(4)5/h7-17,19,24,26-28H,6H2,1-5H3/b16-11+,18-17+. The van der Waals surface area contributed by atoms with E-state index >= 15 is 0 Å². The minimum absolute atomic E-state index is 0.0295. The van der Waals surface area contributed by atoms with Gasteiger partial charge in [0, 0.05) is 37.8 Å². The van der Waals surface area contributed by atoms with E-state index < -0.39 is 0 Å². The summed E-state index contributed by atoms with van der Waals surface area (Å²) >= 11 is 0. The van der Waals surface area contributed by atoms with E-state index in [1.165, 1.54) is 0 Å². The number of carbonyl (C=O) groups is 1. The third-order valence-corrected chi connectivity index (χ3v) is 5.26. The fourth-order valence-corrected chi connectivity index (χ4v) is 3.45. The predicted octanol–water partition coefficient (Wildman–Crippen LogP) is 5.34. The van der Waals surface area contributed by atoms with Crippen molar-refractivity contribution in [2.45, 2.75) is 33.1 Å². The quantitative estimate of drug-likeness (QED) is 0.309. The third kappa shape index (κ3) is 6.22. The highest BCUT2D eigenvalue weighted by atomic mass is 16.6. The molecule has 0 aliphatic carbocycles. The van der Waals surface area contributed by atoms with Crippen LogP contribution in [-0.2, 0) is 4.74 Å². The van der Waals surface area contributed by atoms with Crippen LogP contribution in [0.15, 0.2) is 72.3 Å². The molecule has 2 N–H and O–H groups in total. The number of ether oxygens (including phenoxy) is 1. The average molecular weight is 420 g/mol. The lowest BCUT2D eigenvalue weighted by Crippen LogP contribution is -2.11. The van der Waals surface area contributed by atoms with Crippen LogP contribution in [0.2, 0.25) is 0 Å². The molecule has 3 atom stereocenters. The Morgan fingerprint density at radius 1 is 1.13 bits per heavy atom. The van der Waals surface area contributed by atoms with Gasteiger partial charge >= 0.3 is 0 Å². The summed E-state index contributed by atoms with van der Waals surface area (Å²) in [6.45, 7) is 6.90. The van der Waals surface area contributed by atoms with Gasteiger partial charge in [-0.15, -0.1) is 0 Å². The molecule has 0 saturated carbocycles. The van der Waals surface area contributed by atoms with Gasteiger partial charge in [-0.3, -0.25) is 4.79 Å². The van der Waals surface area contributed by atoms with Crippen LogP contribution in [0, 0.1) is 5.92 Å². The monoisotopic (exact) mass is 419 g/mol. The van der Waals surface area contributed by atoms with Gasteiger partial charge in [-0.25, -0.2) is 0 Å². The maximum Gasteiger partial charge on any atom is 0.169 e. The van der Waals surface area contributed by atoms with Crippen LogP contribution in [0.5, 0.6) is 0 Å². The summed E-state index contributed by atoms with van der Waals surface area (Å²) < 4.78 is 5.73. The lowest BCUT2D eigenvalue weighted by Gasteiger charge is -2.13. The first-order valence-electron chi connectivity index (χ1n) is 10.8. The highest BCUT2D eigenvalue weighted by Crippen LogP contribution is 2.30. The average Bonchev–Trinajstić information content (AvgIpc) is 3.51. The number of nitrogens with one attached hydrogen (secondary N) is 2. The predicted molar refractivity (Wildman–Crippen MR) is 130 cm³/mol. The number of carbonyl (C=O) groups excluding carboxylic acids is 1. The van der Waals surface area contributed by atoms with Crippen molar-refractivity contribution in [3.63, 3.8) is 0 Å². The molecule has 0 bridgehead atoms. The molecule has 3 rings (SSSR count). The van der Waals surface area contributed by atoms with Crippen LogP contribution in [0.3, 0.4) is 0 Å². The molecule has 1 heterocycles. The van der Waals surface area contributed by atoms with Gasteiger partial charge in [-0.1, -0.05) is 42.9 Å². The van der Waals surface area contributed by atoms with Gasteiger partial charge in [0.2, 0.25) is 0 Å². The van der Waals surface area contributed by atoms with Crippen molar-refractivity contribution in [1.29, 1.82) is 0 Å². The van der Waals surface area contributed by atoms with Crippen LogP contribution < -0.4 is 15.5 Å². The zero-order chi connectivity index (χ0) is 22.4. The number of benzene rings is 2. The number of ketones is 1. The number of anilines is 3. The van der Waals surface area contributed by atoms with Gasteiger partial charge in [0.05, 0.1) is 11.4 Å². The number of rotatable bonds is 10. The van der Waals surface area contributed by atoms with E-state index in [9.17, 15) is 4.79 Å². The van der Waals surface area contributed by atoms with E-state index in [2.05, 4.69) is 23.6 Å². The first-order valence-corrected chi connectivity index (χ1v) is 10.8. The molecule has 2 aromatic carbocycles. The summed E-state index contributed by atoms with van der Waals surface area (Å²) in [5.41, 5.74) is 4.98. The minimum atomic E-state index is -0.184. The summed E-state index contributed by atoms with van der Waals surface area (Å²) in [6, 6.07) is 15.9. The molecule has 1 fully saturated rings. The number of allylic oxidation sites excluding steroid dienone is 3. The molecule has 1 aliphatic rings. The Kier molecular flexibility index (Phi) is 7.53. The highest BCUT2D eigenvalue weighted by Gasteiger charge is 2.36. The molecule has 1 saturated heterocycles. The Morgan fingerprint density at radius 2 is 1.81 bits per heavy atom. The van der Waals surface area contributed by atoms with Crippen LogP contribution in [-0.4, -0.2) is 38.8 Å². The van der Waals surface area contributed by atoms with Gasteiger partial charge in [-0.2, -0.15) is 0 Å². The molecule has 0 aromatic heterocycles.